The van der Waals surface area contributed by atoms with Gasteiger partial charge in [-0.05, 0) is 38.1 Å². The lowest BCUT2D eigenvalue weighted by Gasteiger charge is -2.39. The van der Waals surface area contributed by atoms with E-state index in [0.29, 0.717) is 37.4 Å². The van der Waals surface area contributed by atoms with E-state index >= 15 is 0 Å². The Morgan fingerprint density at radius 1 is 1.56 bits per heavy atom. The van der Waals surface area contributed by atoms with Crippen molar-refractivity contribution in [2.75, 3.05) is 19.7 Å². The van der Waals surface area contributed by atoms with Crippen LogP contribution in [0.4, 0.5) is 4.39 Å². The van der Waals surface area contributed by atoms with Crippen LogP contribution in [0.1, 0.15) is 25.8 Å². The zero-order valence-corrected chi connectivity index (χ0v) is 10.9. The minimum atomic E-state index is -1.11. The first-order valence-electron chi connectivity index (χ1n) is 6.44. The van der Waals surface area contributed by atoms with Gasteiger partial charge < -0.3 is 15.2 Å². The number of benzene rings is 1. The molecule has 1 saturated heterocycles. The summed E-state index contributed by atoms with van der Waals surface area (Å²) in [7, 11) is 0. The molecule has 2 N–H and O–H groups in total. The van der Waals surface area contributed by atoms with Gasteiger partial charge >= 0.3 is 0 Å². The predicted octanol–water partition coefficient (Wildman–Crippen LogP) is 2.04. The monoisotopic (exact) mass is 253 g/mol. The molecule has 1 fully saturated rings. The Kier molecular flexibility index (Phi) is 3.88. The summed E-state index contributed by atoms with van der Waals surface area (Å²) >= 11 is 0. The van der Waals surface area contributed by atoms with Crippen molar-refractivity contribution in [3.05, 3.63) is 29.6 Å². The van der Waals surface area contributed by atoms with Crippen molar-refractivity contribution < 1.29 is 14.2 Å². The fourth-order valence-electron chi connectivity index (χ4n) is 2.51. The number of rotatable bonds is 3. The van der Waals surface area contributed by atoms with E-state index in [9.17, 15) is 9.50 Å². The maximum absolute atomic E-state index is 14.0. The summed E-state index contributed by atoms with van der Waals surface area (Å²) in [6.45, 7) is 5.72. The third kappa shape index (κ3) is 2.35. The van der Waals surface area contributed by atoms with Crippen molar-refractivity contribution in [1.29, 1.82) is 0 Å². The number of piperidine rings is 1. The van der Waals surface area contributed by atoms with Crippen LogP contribution in [0.3, 0.4) is 0 Å². The van der Waals surface area contributed by atoms with Crippen LogP contribution in [-0.4, -0.2) is 24.8 Å². The Balaban J connectivity index is 2.38. The molecule has 4 heteroatoms. The van der Waals surface area contributed by atoms with Gasteiger partial charge in [-0.1, -0.05) is 6.92 Å². The van der Waals surface area contributed by atoms with E-state index in [0.717, 1.165) is 0 Å². The highest BCUT2D eigenvalue weighted by Gasteiger charge is 2.39. The van der Waals surface area contributed by atoms with Gasteiger partial charge in [-0.2, -0.15) is 0 Å². The molecule has 100 valence electrons. The summed E-state index contributed by atoms with van der Waals surface area (Å²) in [4.78, 5) is 0. The second kappa shape index (κ2) is 5.24. The van der Waals surface area contributed by atoms with Crippen LogP contribution in [0.5, 0.6) is 5.75 Å². The van der Waals surface area contributed by atoms with Crippen LogP contribution < -0.4 is 10.1 Å². The second-order valence-corrected chi connectivity index (χ2v) is 4.85. The van der Waals surface area contributed by atoms with Gasteiger partial charge in [-0.3, -0.25) is 0 Å². The van der Waals surface area contributed by atoms with Gasteiger partial charge in [0.05, 0.1) is 12.2 Å². The van der Waals surface area contributed by atoms with E-state index in [4.69, 9.17) is 4.74 Å². The fraction of sp³-hybridized carbons (Fsp3) is 0.571. The molecule has 0 spiro atoms. The quantitative estimate of drug-likeness (QED) is 0.866. The summed E-state index contributed by atoms with van der Waals surface area (Å²) in [6, 6.07) is 4.59. The van der Waals surface area contributed by atoms with Gasteiger partial charge in [-0.15, -0.1) is 0 Å². The van der Waals surface area contributed by atoms with E-state index in [1.54, 1.807) is 12.1 Å². The first-order chi connectivity index (χ1) is 8.58. The van der Waals surface area contributed by atoms with Crippen molar-refractivity contribution in [3.8, 4) is 5.75 Å². The van der Waals surface area contributed by atoms with E-state index in [2.05, 4.69) is 5.32 Å². The molecule has 0 aromatic heterocycles. The van der Waals surface area contributed by atoms with Crippen LogP contribution in [0, 0.1) is 11.7 Å². The van der Waals surface area contributed by atoms with Gasteiger partial charge in [0.1, 0.15) is 11.6 Å². The van der Waals surface area contributed by atoms with Crippen molar-refractivity contribution in [2.24, 2.45) is 5.92 Å². The molecule has 1 aromatic carbocycles. The Bertz CT molecular complexity index is 424. The van der Waals surface area contributed by atoms with Crippen molar-refractivity contribution in [3.63, 3.8) is 0 Å². The number of hydrogen-bond donors (Lipinski definition) is 2. The average molecular weight is 253 g/mol. The van der Waals surface area contributed by atoms with Gasteiger partial charge in [-0.25, -0.2) is 4.39 Å². The number of hydrogen-bond acceptors (Lipinski definition) is 3. The molecule has 1 aromatic rings. The van der Waals surface area contributed by atoms with Crippen LogP contribution in [0.25, 0.3) is 0 Å². The highest BCUT2D eigenvalue weighted by molar-refractivity contribution is 5.34. The lowest BCUT2D eigenvalue weighted by molar-refractivity contribution is -0.0421. The van der Waals surface area contributed by atoms with E-state index in [1.807, 2.05) is 13.8 Å². The molecule has 1 heterocycles. The van der Waals surface area contributed by atoms with Crippen LogP contribution in [-0.2, 0) is 5.60 Å². The van der Waals surface area contributed by atoms with Crippen molar-refractivity contribution in [1.82, 2.24) is 5.32 Å². The summed E-state index contributed by atoms with van der Waals surface area (Å²) < 4.78 is 19.4. The molecule has 0 radical (unpaired) electrons. The summed E-state index contributed by atoms with van der Waals surface area (Å²) in [6.07, 6.45) is 0.515. The predicted molar refractivity (Wildman–Crippen MR) is 68.1 cm³/mol. The first kappa shape index (κ1) is 13.3. The van der Waals surface area contributed by atoms with Gasteiger partial charge in [0, 0.05) is 18.0 Å². The number of halogens is 1. The Hall–Kier alpha value is -1.13. The Morgan fingerprint density at radius 3 is 3.00 bits per heavy atom. The minimum Gasteiger partial charge on any atom is -0.494 e. The van der Waals surface area contributed by atoms with Gasteiger partial charge in [0.25, 0.3) is 0 Å². The topological polar surface area (TPSA) is 41.5 Å². The molecular weight excluding hydrogens is 233 g/mol. The molecule has 1 aliphatic rings. The molecule has 3 nitrogen and oxygen atoms in total. The molecule has 2 atom stereocenters. The van der Waals surface area contributed by atoms with Crippen molar-refractivity contribution in [2.45, 2.75) is 25.9 Å². The normalized spacial score (nSPS) is 28.1. The lowest BCUT2D eigenvalue weighted by Crippen LogP contribution is -2.47. The largest absolute Gasteiger partial charge is 0.494 e. The number of aliphatic hydroxyl groups is 1. The van der Waals surface area contributed by atoms with Crippen LogP contribution >= 0.6 is 0 Å². The standard InChI is InChI=1S/C14H20FNO2/c1-3-18-11-4-5-13(15)12(8-11)14(17)6-7-16-9-10(14)2/h4-5,8,10,16-17H,3,6-7,9H2,1-2H3. The maximum Gasteiger partial charge on any atom is 0.129 e. The average Bonchev–Trinajstić information content (AvgIpc) is 2.36. The number of nitrogens with one attached hydrogen (secondary N) is 1. The zero-order valence-electron chi connectivity index (χ0n) is 10.9. The molecule has 0 bridgehead atoms. The lowest BCUT2D eigenvalue weighted by atomic mass is 9.77. The van der Waals surface area contributed by atoms with E-state index in [1.165, 1.54) is 6.07 Å². The molecule has 2 rings (SSSR count). The maximum atomic E-state index is 14.0. The third-order valence-electron chi connectivity index (χ3n) is 3.66. The Morgan fingerprint density at radius 2 is 2.33 bits per heavy atom. The molecule has 0 amide bonds. The smallest absolute Gasteiger partial charge is 0.129 e. The zero-order chi connectivity index (χ0) is 13.2. The highest BCUT2D eigenvalue weighted by atomic mass is 19.1. The summed E-state index contributed by atoms with van der Waals surface area (Å²) in [5.41, 5.74) is -0.759. The Labute approximate surface area is 107 Å². The minimum absolute atomic E-state index is 0.0300. The summed E-state index contributed by atoms with van der Waals surface area (Å²) in [5, 5.41) is 14.0. The van der Waals surface area contributed by atoms with E-state index < -0.39 is 5.60 Å². The molecule has 18 heavy (non-hydrogen) atoms. The third-order valence-corrected chi connectivity index (χ3v) is 3.66. The first-order valence-corrected chi connectivity index (χ1v) is 6.44. The highest BCUT2D eigenvalue weighted by Crippen LogP contribution is 2.37. The van der Waals surface area contributed by atoms with Gasteiger partial charge in [0.15, 0.2) is 0 Å². The van der Waals surface area contributed by atoms with Gasteiger partial charge in [0.2, 0.25) is 0 Å². The van der Waals surface area contributed by atoms with Crippen LogP contribution in [0.2, 0.25) is 0 Å². The number of ether oxygens (including phenoxy) is 1. The second-order valence-electron chi connectivity index (χ2n) is 4.85. The van der Waals surface area contributed by atoms with Crippen LogP contribution in [0.15, 0.2) is 18.2 Å². The van der Waals surface area contributed by atoms with Crippen molar-refractivity contribution >= 4 is 0 Å². The van der Waals surface area contributed by atoms with E-state index in [-0.39, 0.29) is 11.7 Å². The molecule has 0 saturated carbocycles. The summed E-state index contributed by atoms with van der Waals surface area (Å²) in [5.74, 6) is 0.209. The molecule has 0 aliphatic carbocycles. The molecule has 1 aliphatic heterocycles. The SMILES string of the molecule is CCOc1ccc(F)c(C2(O)CCNCC2C)c1. The fourth-order valence-corrected chi connectivity index (χ4v) is 2.51. The molecule has 2 unspecified atom stereocenters. The molecular formula is C14H20FNO2.